The maximum Gasteiger partial charge on any atom is 0.229 e. The minimum Gasteiger partial charge on any atom is -0.385 e. The molecule has 1 fully saturated rings. The zero-order valence-corrected chi connectivity index (χ0v) is 11.7. The molecule has 0 bridgehead atoms. The molecule has 2 aliphatic rings. The van der Waals surface area contributed by atoms with Gasteiger partial charge in [0.05, 0.1) is 0 Å². The van der Waals surface area contributed by atoms with Crippen molar-refractivity contribution in [3.63, 3.8) is 0 Å². The first-order chi connectivity index (χ1) is 9.75. The van der Waals surface area contributed by atoms with Crippen LogP contribution >= 0.6 is 0 Å². The molecule has 20 heavy (non-hydrogen) atoms. The van der Waals surface area contributed by atoms with E-state index >= 15 is 0 Å². The van der Waals surface area contributed by atoms with Crippen LogP contribution in [-0.2, 0) is 22.4 Å². The normalized spacial score (nSPS) is 18.7. The number of amides is 2. The molecule has 4 heteroatoms. The Kier molecular flexibility index (Phi) is 3.72. The number of likely N-dealkylation sites (tertiary alicyclic amines) is 1. The van der Waals surface area contributed by atoms with Crippen molar-refractivity contribution >= 4 is 17.5 Å². The molecule has 106 valence electrons. The predicted octanol–water partition coefficient (Wildman–Crippen LogP) is 2.13. The second-order valence-corrected chi connectivity index (χ2v) is 5.52. The van der Waals surface area contributed by atoms with Gasteiger partial charge in [0.25, 0.3) is 0 Å². The number of nitrogens with zero attached hydrogens (tertiary/aromatic N) is 1. The third-order valence-electron chi connectivity index (χ3n) is 4.15. The van der Waals surface area contributed by atoms with Crippen LogP contribution in [0.1, 0.15) is 36.8 Å². The number of para-hydroxylation sites is 1. The molecule has 1 N–H and O–H groups in total. The van der Waals surface area contributed by atoms with Gasteiger partial charge in [-0.1, -0.05) is 18.2 Å². The van der Waals surface area contributed by atoms with Crippen molar-refractivity contribution in [2.45, 2.75) is 38.5 Å². The molecular formula is C16H20N2O2. The molecule has 1 aromatic rings. The van der Waals surface area contributed by atoms with E-state index in [1.165, 1.54) is 28.1 Å². The quantitative estimate of drug-likeness (QED) is 0.858. The maximum atomic E-state index is 11.8. The molecule has 0 spiro atoms. The van der Waals surface area contributed by atoms with E-state index in [0.29, 0.717) is 25.8 Å². The Balaban J connectivity index is 1.72. The highest BCUT2D eigenvalue weighted by atomic mass is 16.2. The molecule has 1 aromatic carbocycles. The number of nitrogens with one attached hydrogen (secondary N) is 1. The van der Waals surface area contributed by atoms with Crippen molar-refractivity contribution in [1.29, 1.82) is 0 Å². The van der Waals surface area contributed by atoms with Crippen LogP contribution in [0.3, 0.4) is 0 Å². The van der Waals surface area contributed by atoms with Crippen molar-refractivity contribution in [2.24, 2.45) is 0 Å². The number of piperidine rings is 1. The molecule has 0 aliphatic carbocycles. The first-order valence-corrected chi connectivity index (χ1v) is 7.43. The fourth-order valence-electron chi connectivity index (χ4n) is 3.07. The number of anilines is 1. The van der Waals surface area contributed by atoms with Crippen LogP contribution in [-0.4, -0.2) is 29.8 Å². The monoisotopic (exact) mass is 272 g/mol. The Morgan fingerprint density at radius 1 is 1.05 bits per heavy atom. The van der Waals surface area contributed by atoms with Crippen molar-refractivity contribution < 1.29 is 9.59 Å². The Morgan fingerprint density at radius 2 is 1.85 bits per heavy atom. The molecule has 4 nitrogen and oxygen atoms in total. The van der Waals surface area contributed by atoms with E-state index in [1.807, 2.05) is 0 Å². The summed E-state index contributed by atoms with van der Waals surface area (Å²) in [5, 5.41) is 3.45. The molecule has 2 amide bonds. The van der Waals surface area contributed by atoms with Crippen molar-refractivity contribution in [3.05, 3.63) is 29.3 Å². The van der Waals surface area contributed by atoms with Crippen molar-refractivity contribution in [2.75, 3.05) is 18.4 Å². The third kappa shape index (κ3) is 2.55. The molecule has 2 aliphatic heterocycles. The summed E-state index contributed by atoms with van der Waals surface area (Å²) in [5.74, 6) is -0.0296. The van der Waals surface area contributed by atoms with E-state index in [9.17, 15) is 9.59 Å². The summed E-state index contributed by atoms with van der Waals surface area (Å²) in [6.07, 6.45) is 4.75. The molecule has 0 unspecified atom stereocenters. The Labute approximate surface area is 119 Å². The summed E-state index contributed by atoms with van der Waals surface area (Å²) in [7, 11) is 0. The first-order valence-electron chi connectivity index (χ1n) is 7.43. The lowest BCUT2D eigenvalue weighted by molar-refractivity contribution is -0.147. The fraction of sp³-hybridized carbons (Fsp3) is 0.500. The van der Waals surface area contributed by atoms with Crippen LogP contribution in [0.2, 0.25) is 0 Å². The van der Waals surface area contributed by atoms with E-state index in [-0.39, 0.29) is 11.8 Å². The highest BCUT2D eigenvalue weighted by Crippen LogP contribution is 2.26. The number of aryl methyl sites for hydroxylation is 1. The van der Waals surface area contributed by atoms with Crippen LogP contribution in [0.4, 0.5) is 5.69 Å². The second-order valence-electron chi connectivity index (χ2n) is 5.52. The van der Waals surface area contributed by atoms with Gasteiger partial charge in [-0.3, -0.25) is 14.5 Å². The average Bonchev–Trinajstić information content (AvgIpc) is 2.47. The Morgan fingerprint density at radius 3 is 2.65 bits per heavy atom. The molecular weight excluding hydrogens is 252 g/mol. The topological polar surface area (TPSA) is 49.4 Å². The summed E-state index contributed by atoms with van der Waals surface area (Å²) < 4.78 is 0. The zero-order valence-electron chi connectivity index (χ0n) is 11.7. The van der Waals surface area contributed by atoms with E-state index in [0.717, 1.165) is 19.4 Å². The molecule has 1 saturated heterocycles. The number of carbonyl (C=O) groups excluding carboxylic acids is 2. The van der Waals surface area contributed by atoms with Crippen LogP contribution in [0.25, 0.3) is 0 Å². The molecule has 0 atom stereocenters. The van der Waals surface area contributed by atoms with Gasteiger partial charge >= 0.3 is 0 Å². The molecule has 0 aromatic heterocycles. The van der Waals surface area contributed by atoms with Gasteiger partial charge in [0, 0.05) is 31.6 Å². The minimum atomic E-state index is -0.0148. The Hall–Kier alpha value is -1.84. The Bertz CT molecular complexity index is 523. The number of fused-ring (bicyclic) bond motifs is 1. The minimum absolute atomic E-state index is 0.0148. The van der Waals surface area contributed by atoms with Gasteiger partial charge in [-0.15, -0.1) is 0 Å². The van der Waals surface area contributed by atoms with Crippen molar-refractivity contribution in [3.8, 4) is 0 Å². The zero-order chi connectivity index (χ0) is 13.9. The predicted molar refractivity (Wildman–Crippen MR) is 77.5 cm³/mol. The third-order valence-corrected chi connectivity index (χ3v) is 4.15. The van der Waals surface area contributed by atoms with E-state index in [4.69, 9.17) is 0 Å². The van der Waals surface area contributed by atoms with Crippen molar-refractivity contribution in [1.82, 2.24) is 4.90 Å². The number of rotatable bonds is 3. The lowest BCUT2D eigenvalue weighted by atomic mass is 9.97. The van der Waals surface area contributed by atoms with Gasteiger partial charge in [0.1, 0.15) is 0 Å². The van der Waals surface area contributed by atoms with Crippen LogP contribution in [0.5, 0.6) is 0 Å². The van der Waals surface area contributed by atoms with Crippen LogP contribution in [0, 0.1) is 0 Å². The average molecular weight is 272 g/mol. The van der Waals surface area contributed by atoms with E-state index in [1.54, 1.807) is 0 Å². The molecule has 2 heterocycles. The standard InChI is InChI=1S/C16H20N2O2/c19-14-7-2-8-15(20)18(14)11-9-13-5-1-4-12-6-3-10-17-16(12)13/h1,4-5,17H,2-3,6-11H2. The summed E-state index contributed by atoms with van der Waals surface area (Å²) in [4.78, 5) is 25.0. The summed E-state index contributed by atoms with van der Waals surface area (Å²) in [6, 6.07) is 6.32. The van der Waals surface area contributed by atoms with Crippen LogP contribution in [0.15, 0.2) is 18.2 Å². The summed E-state index contributed by atoms with van der Waals surface area (Å²) in [5.41, 5.74) is 3.79. The van der Waals surface area contributed by atoms with E-state index < -0.39 is 0 Å². The number of benzene rings is 1. The molecule has 0 radical (unpaired) electrons. The second kappa shape index (κ2) is 5.65. The highest BCUT2D eigenvalue weighted by molar-refractivity contribution is 5.97. The number of carbonyl (C=O) groups is 2. The lowest BCUT2D eigenvalue weighted by Gasteiger charge is -2.26. The fourth-order valence-corrected chi connectivity index (χ4v) is 3.07. The summed E-state index contributed by atoms with van der Waals surface area (Å²) in [6.45, 7) is 1.52. The number of hydrogen-bond donors (Lipinski definition) is 1. The lowest BCUT2D eigenvalue weighted by Crippen LogP contribution is -2.41. The summed E-state index contributed by atoms with van der Waals surface area (Å²) >= 11 is 0. The largest absolute Gasteiger partial charge is 0.385 e. The SMILES string of the molecule is O=C1CCCC(=O)N1CCc1cccc2c1NCCC2. The number of hydrogen-bond acceptors (Lipinski definition) is 3. The molecule has 0 saturated carbocycles. The van der Waals surface area contributed by atoms with Crippen LogP contribution < -0.4 is 5.32 Å². The number of imide groups is 1. The highest BCUT2D eigenvalue weighted by Gasteiger charge is 2.25. The van der Waals surface area contributed by atoms with Gasteiger partial charge in [0.2, 0.25) is 11.8 Å². The smallest absolute Gasteiger partial charge is 0.229 e. The van der Waals surface area contributed by atoms with Gasteiger partial charge in [0.15, 0.2) is 0 Å². The van der Waals surface area contributed by atoms with Gasteiger partial charge in [-0.05, 0) is 36.8 Å². The van der Waals surface area contributed by atoms with E-state index in [2.05, 4.69) is 23.5 Å². The maximum absolute atomic E-state index is 11.8. The van der Waals surface area contributed by atoms with Gasteiger partial charge < -0.3 is 5.32 Å². The molecule has 3 rings (SSSR count). The van der Waals surface area contributed by atoms with Gasteiger partial charge in [-0.25, -0.2) is 0 Å². The first kappa shape index (κ1) is 13.2. The van der Waals surface area contributed by atoms with Gasteiger partial charge in [-0.2, -0.15) is 0 Å².